The van der Waals surface area contributed by atoms with Crippen molar-refractivity contribution in [2.45, 2.75) is 33.1 Å². The molecule has 0 radical (unpaired) electrons. The second-order valence-corrected chi connectivity index (χ2v) is 8.55. The molecule has 6 nitrogen and oxygen atoms in total. The number of rotatable bonds is 6. The third-order valence-corrected chi connectivity index (χ3v) is 5.42. The Morgan fingerprint density at radius 1 is 1.21 bits per heavy atom. The minimum Gasteiger partial charge on any atom is -0.354 e. The number of hydrogen-bond donors (Lipinski definition) is 1. The molecule has 1 aliphatic rings. The minimum absolute atomic E-state index is 0.179. The molecule has 156 valence electrons. The average Bonchev–Trinajstić information content (AvgIpc) is 2.68. The Morgan fingerprint density at radius 2 is 1.93 bits per heavy atom. The molecule has 0 bridgehead atoms. The number of aromatic nitrogens is 2. The Kier molecular flexibility index (Phi) is 7.18. The highest BCUT2D eigenvalue weighted by atomic mass is 79.9. The van der Waals surface area contributed by atoms with Gasteiger partial charge in [0, 0.05) is 61.3 Å². The molecule has 0 unspecified atom stereocenters. The van der Waals surface area contributed by atoms with Gasteiger partial charge in [0.25, 0.3) is 0 Å². The molecule has 0 atom stereocenters. The van der Waals surface area contributed by atoms with Crippen LogP contribution in [0.3, 0.4) is 0 Å². The molecule has 2 heterocycles. The summed E-state index contributed by atoms with van der Waals surface area (Å²) in [5.74, 6) is 1.52. The third kappa shape index (κ3) is 5.96. The molecule has 0 spiro atoms. The van der Waals surface area contributed by atoms with Gasteiger partial charge in [-0.1, -0.05) is 29.8 Å². The number of piperazine rings is 1. The van der Waals surface area contributed by atoms with E-state index in [2.05, 4.69) is 49.9 Å². The number of hydrogen-bond acceptors (Lipinski definition) is 5. The van der Waals surface area contributed by atoms with Crippen LogP contribution in [0.15, 0.2) is 28.7 Å². The van der Waals surface area contributed by atoms with Gasteiger partial charge in [-0.3, -0.25) is 9.69 Å². The molecule has 2 aromatic rings. The van der Waals surface area contributed by atoms with E-state index in [0.29, 0.717) is 23.4 Å². The van der Waals surface area contributed by atoms with Crippen molar-refractivity contribution >= 4 is 33.3 Å². The van der Waals surface area contributed by atoms with Crippen molar-refractivity contribution < 1.29 is 9.18 Å². The van der Waals surface area contributed by atoms with Gasteiger partial charge in [0.05, 0.1) is 5.69 Å². The highest BCUT2D eigenvalue weighted by Crippen LogP contribution is 2.20. The highest BCUT2D eigenvalue weighted by molar-refractivity contribution is 9.10. The Balaban J connectivity index is 1.48. The van der Waals surface area contributed by atoms with Gasteiger partial charge in [-0.25, -0.2) is 14.4 Å². The van der Waals surface area contributed by atoms with Crippen LogP contribution in [0, 0.1) is 12.7 Å². The summed E-state index contributed by atoms with van der Waals surface area (Å²) in [5, 5.41) is 2.65. The number of anilines is 2. The summed E-state index contributed by atoms with van der Waals surface area (Å²) in [5.41, 5.74) is 1.20. The Morgan fingerprint density at radius 3 is 2.59 bits per heavy atom. The van der Waals surface area contributed by atoms with Crippen molar-refractivity contribution in [3.63, 3.8) is 0 Å². The van der Waals surface area contributed by atoms with Gasteiger partial charge in [-0.05, 0) is 25.1 Å². The molecular formula is C21H27BrFN5O. The summed E-state index contributed by atoms with van der Waals surface area (Å²) >= 11 is 3.21. The largest absolute Gasteiger partial charge is 0.354 e. The smallest absolute Gasteiger partial charge is 0.225 e. The number of nitrogens with zero attached hydrogens (tertiary/aromatic N) is 4. The molecule has 1 amide bonds. The zero-order chi connectivity index (χ0) is 21.0. The van der Waals surface area contributed by atoms with Crippen LogP contribution in [0.4, 0.5) is 15.9 Å². The van der Waals surface area contributed by atoms with Crippen LogP contribution >= 0.6 is 15.9 Å². The lowest BCUT2D eigenvalue weighted by Gasteiger charge is -2.35. The molecule has 1 aliphatic heterocycles. The molecule has 1 aromatic carbocycles. The van der Waals surface area contributed by atoms with Crippen molar-refractivity contribution in [1.29, 1.82) is 0 Å². The first-order chi connectivity index (χ1) is 13.8. The minimum atomic E-state index is -0.442. The van der Waals surface area contributed by atoms with Gasteiger partial charge >= 0.3 is 0 Å². The lowest BCUT2D eigenvalue weighted by atomic mass is 10.2. The lowest BCUT2D eigenvalue weighted by molar-refractivity contribution is -0.116. The maximum absolute atomic E-state index is 13.8. The second-order valence-electron chi connectivity index (χ2n) is 7.63. The van der Waals surface area contributed by atoms with Crippen LogP contribution in [0.1, 0.15) is 37.7 Å². The normalized spacial score (nSPS) is 15.0. The molecular weight excluding hydrogens is 437 g/mol. The van der Waals surface area contributed by atoms with Crippen LogP contribution in [0.5, 0.6) is 0 Å². The van der Waals surface area contributed by atoms with Gasteiger partial charge in [-0.2, -0.15) is 0 Å². The Hall–Kier alpha value is -2.06. The fourth-order valence-corrected chi connectivity index (χ4v) is 3.59. The highest BCUT2D eigenvalue weighted by Gasteiger charge is 2.20. The first kappa shape index (κ1) is 21.6. The predicted octanol–water partition coefficient (Wildman–Crippen LogP) is 3.96. The summed E-state index contributed by atoms with van der Waals surface area (Å²) in [4.78, 5) is 25.9. The summed E-state index contributed by atoms with van der Waals surface area (Å²) in [7, 11) is 0. The molecule has 29 heavy (non-hydrogen) atoms. The van der Waals surface area contributed by atoms with E-state index in [1.165, 1.54) is 6.07 Å². The topological polar surface area (TPSA) is 61.4 Å². The maximum Gasteiger partial charge on any atom is 0.225 e. The van der Waals surface area contributed by atoms with Crippen LogP contribution in [-0.4, -0.2) is 53.5 Å². The number of nitrogens with one attached hydrogen (secondary N) is 1. The third-order valence-electron chi connectivity index (χ3n) is 4.93. The SMILES string of the molecule is Cc1cc(N2CCN(CCC(=O)Nc3ccc(Br)cc3F)CC2)nc(C(C)C)n1. The molecule has 3 rings (SSSR count). The summed E-state index contributed by atoms with van der Waals surface area (Å²) < 4.78 is 14.5. The quantitative estimate of drug-likeness (QED) is 0.702. The Labute approximate surface area is 179 Å². The number of carbonyl (C=O) groups is 1. The first-order valence-corrected chi connectivity index (χ1v) is 10.7. The summed E-state index contributed by atoms with van der Waals surface area (Å²) in [6, 6.07) is 6.64. The lowest BCUT2D eigenvalue weighted by Crippen LogP contribution is -2.47. The van der Waals surface area contributed by atoms with Gasteiger partial charge < -0.3 is 10.2 Å². The van der Waals surface area contributed by atoms with Crippen LogP contribution < -0.4 is 10.2 Å². The van der Waals surface area contributed by atoms with Crippen LogP contribution in [-0.2, 0) is 4.79 Å². The number of carbonyl (C=O) groups excluding carboxylic acids is 1. The van der Waals surface area contributed by atoms with E-state index in [0.717, 1.165) is 43.5 Å². The van der Waals surface area contributed by atoms with Gasteiger partial charge in [0.15, 0.2) is 0 Å². The Bertz CT molecular complexity index is 868. The zero-order valence-electron chi connectivity index (χ0n) is 17.1. The van der Waals surface area contributed by atoms with E-state index >= 15 is 0 Å². The molecule has 1 saturated heterocycles. The standard InChI is InChI=1S/C21H27BrFN5O/c1-14(2)21-24-15(3)12-19(26-21)28-10-8-27(9-11-28)7-6-20(29)25-18-5-4-16(22)13-17(18)23/h4-5,12-14H,6-11H2,1-3H3,(H,25,29). The van der Waals surface area contributed by atoms with E-state index < -0.39 is 5.82 Å². The zero-order valence-corrected chi connectivity index (χ0v) is 18.7. The van der Waals surface area contributed by atoms with Gasteiger partial charge in [-0.15, -0.1) is 0 Å². The van der Waals surface area contributed by atoms with Crippen molar-refractivity contribution in [2.75, 3.05) is 42.9 Å². The number of aryl methyl sites for hydroxylation is 1. The van der Waals surface area contributed by atoms with Crippen molar-refractivity contribution in [2.24, 2.45) is 0 Å². The number of benzene rings is 1. The molecule has 1 N–H and O–H groups in total. The molecule has 1 aromatic heterocycles. The number of amides is 1. The second kappa shape index (κ2) is 9.63. The van der Waals surface area contributed by atoms with Crippen LogP contribution in [0.25, 0.3) is 0 Å². The van der Waals surface area contributed by atoms with Crippen molar-refractivity contribution in [1.82, 2.24) is 14.9 Å². The maximum atomic E-state index is 13.8. The first-order valence-electron chi connectivity index (χ1n) is 9.89. The number of halogens is 2. The molecule has 8 heteroatoms. The molecule has 1 fully saturated rings. The van der Waals surface area contributed by atoms with Crippen LogP contribution in [0.2, 0.25) is 0 Å². The molecule has 0 saturated carbocycles. The van der Waals surface area contributed by atoms with Crippen molar-refractivity contribution in [3.05, 3.63) is 46.1 Å². The summed E-state index contributed by atoms with van der Waals surface area (Å²) in [6.45, 7) is 10.3. The van der Waals surface area contributed by atoms with E-state index in [-0.39, 0.29) is 11.6 Å². The van der Waals surface area contributed by atoms with Gasteiger partial charge in [0.1, 0.15) is 17.5 Å². The van der Waals surface area contributed by atoms with E-state index in [4.69, 9.17) is 4.98 Å². The fourth-order valence-electron chi connectivity index (χ4n) is 3.26. The van der Waals surface area contributed by atoms with E-state index in [9.17, 15) is 9.18 Å². The monoisotopic (exact) mass is 463 g/mol. The van der Waals surface area contributed by atoms with E-state index in [1.807, 2.05) is 13.0 Å². The predicted molar refractivity (Wildman–Crippen MR) is 117 cm³/mol. The fraction of sp³-hybridized carbons (Fsp3) is 0.476. The summed E-state index contributed by atoms with van der Waals surface area (Å²) in [6.07, 6.45) is 0.333. The molecule has 0 aliphatic carbocycles. The van der Waals surface area contributed by atoms with Gasteiger partial charge in [0.2, 0.25) is 5.91 Å². The van der Waals surface area contributed by atoms with E-state index in [1.54, 1.807) is 12.1 Å². The van der Waals surface area contributed by atoms with Crippen molar-refractivity contribution in [3.8, 4) is 0 Å². The average molecular weight is 464 g/mol.